The van der Waals surface area contributed by atoms with Crippen molar-refractivity contribution in [2.24, 2.45) is 11.8 Å². The smallest absolute Gasteiger partial charge is 0.256 e. The first kappa shape index (κ1) is 14.4. The lowest BCUT2D eigenvalue weighted by atomic mass is 10.2. The number of nitrogens with one attached hydrogen (secondary N) is 1. The molecule has 0 spiro atoms. The van der Waals surface area contributed by atoms with Crippen molar-refractivity contribution >= 4 is 17.5 Å². The molecule has 0 aliphatic heterocycles. The minimum Gasteiger partial charge on any atom is -0.349 e. The van der Waals surface area contributed by atoms with Crippen LogP contribution in [0.1, 0.15) is 49.7 Å². The Morgan fingerprint density at radius 1 is 1.47 bits per heavy atom. The Kier molecular flexibility index (Phi) is 4.19. The lowest BCUT2D eigenvalue weighted by molar-refractivity contribution is 0.0935. The van der Waals surface area contributed by atoms with Crippen molar-refractivity contribution in [3.05, 3.63) is 16.4 Å². The van der Waals surface area contributed by atoms with E-state index in [9.17, 15) is 4.79 Å². The summed E-state index contributed by atoms with van der Waals surface area (Å²) in [5.74, 6) is 0.976. The Hall–Kier alpha value is -1.03. The summed E-state index contributed by atoms with van der Waals surface area (Å²) in [6.07, 6.45) is 2.42. The van der Waals surface area contributed by atoms with Crippen molar-refractivity contribution < 1.29 is 4.79 Å². The third-order valence-corrected chi connectivity index (χ3v) is 3.90. The van der Waals surface area contributed by atoms with Crippen LogP contribution in [0.3, 0.4) is 0 Å². The molecule has 1 atom stereocenters. The largest absolute Gasteiger partial charge is 0.349 e. The number of nitrogens with zero attached hydrogens (tertiary/aromatic N) is 2. The molecule has 1 aromatic rings. The molecule has 0 bridgehead atoms. The van der Waals surface area contributed by atoms with Crippen LogP contribution < -0.4 is 5.32 Å². The Morgan fingerprint density at radius 2 is 2.11 bits per heavy atom. The quantitative estimate of drug-likeness (QED) is 0.903. The number of aryl methyl sites for hydroxylation is 1. The summed E-state index contributed by atoms with van der Waals surface area (Å²) in [6.45, 7) is 8.81. The third-order valence-electron chi connectivity index (χ3n) is 3.52. The molecule has 1 fully saturated rings. The van der Waals surface area contributed by atoms with Crippen molar-refractivity contribution in [1.82, 2.24) is 15.1 Å². The molecule has 1 saturated carbocycles. The highest BCUT2D eigenvalue weighted by atomic mass is 35.5. The molecule has 0 saturated heterocycles. The van der Waals surface area contributed by atoms with E-state index in [1.807, 2.05) is 6.92 Å². The zero-order chi connectivity index (χ0) is 14.2. The summed E-state index contributed by atoms with van der Waals surface area (Å²) in [5.41, 5.74) is 1.22. The Labute approximate surface area is 119 Å². The maximum absolute atomic E-state index is 12.3. The predicted octanol–water partition coefficient (Wildman–Crippen LogP) is 3.03. The summed E-state index contributed by atoms with van der Waals surface area (Å²) in [5, 5.41) is 7.84. The van der Waals surface area contributed by atoms with Crippen LogP contribution in [0.5, 0.6) is 0 Å². The number of aromatic nitrogens is 2. The van der Waals surface area contributed by atoms with Gasteiger partial charge in [0.05, 0.1) is 11.3 Å². The molecule has 1 aliphatic carbocycles. The van der Waals surface area contributed by atoms with E-state index in [0.717, 1.165) is 6.54 Å². The van der Waals surface area contributed by atoms with E-state index < -0.39 is 0 Å². The molecule has 1 aliphatic rings. The van der Waals surface area contributed by atoms with Crippen LogP contribution in [0, 0.1) is 18.8 Å². The van der Waals surface area contributed by atoms with Crippen LogP contribution in [0.25, 0.3) is 0 Å². The van der Waals surface area contributed by atoms with Crippen LogP contribution in [0.4, 0.5) is 0 Å². The number of amides is 1. The average molecular weight is 284 g/mol. The zero-order valence-corrected chi connectivity index (χ0v) is 12.8. The summed E-state index contributed by atoms with van der Waals surface area (Å²) < 4.78 is 1.72. The fourth-order valence-corrected chi connectivity index (χ4v) is 2.60. The van der Waals surface area contributed by atoms with Gasteiger partial charge in [0, 0.05) is 12.6 Å². The number of rotatable bonds is 5. The van der Waals surface area contributed by atoms with Gasteiger partial charge < -0.3 is 5.32 Å². The predicted molar refractivity (Wildman–Crippen MR) is 76.5 cm³/mol. The van der Waals surface area contributed by atoms with Crippen LogP contribution in [-0.2, 0) is 6.54 Å². The van der Waals surface area contributed by atoms with Gasteiger partial charge in [0.15, 0.2) is 0 Å². The zero-order valence-electron chi connectivity index (χ0n) is 12.0. The molecule has 2 rings (SSSR count). The topological polar surface area (TPSA) is 46.9 Å². The van der Waals surface area contributed by atoms with Gasteiger partial charge in [-0.1, -0.05) is 25.4 Å². The van der Waals surface area contributed by atoms with Crippen molar-refractivity contribution in [2.75, 3.05) is 0 Å². The maximum Gasteiger partial charge on any atom is 0.256 e. The van der Waals surface area contributed by atoms with E-state index in [2.05, 4.69) is 31.2 Å². The Bertz CT molecular complexity index is 477. The Morgan fingerprint density at radius 3 is 2.63 bits per heavy atom. The van der Waals surface area contributed by atoms with E-state index in [1.165, 1.54) is 12.8 Å². The molecule has 4 nitrogen and oxygen atoms in total. The second-order valence-corrected chi connectivity index (χ2v) is 6.28. The molecule has 0 aromatic carbocycles. The van der Waals surface area contributed by atoms with Crippen LogP contribution in [0.2, 0.25) is 5.15 Å². The third kappa shape index (κ3) is 3.30. The van der Waals surface area contributed by atoms with Crippen molar-refractivity contribution in [3.63, 3.8) is 0 Å². The maximum atomic E-state index is 12.3. The summed E-state index contributed by atoms with van der Waals surface area (Å²) >= 11 is 6.29. The normalized spacial score (nSPS) is 16.7. The summed E-state index contributed by atoms with van der Waals surface area (Å²) in [7, 11) is 0. The van der Waals surface area contributed by atoms with Gasteiger partial charge in [-0.2, -0.15) is 5.10 Å². The minimum atomic E-state index is -0.100. The van der Waals surface area contributed by atoms with Gasteiger partial charge in [0.25, 0.3) is 5.91 Å². The first-order valence-corrected chi connectivity index (χ1v) is 7.31. The average Bonchev–Trinajstić information content (AvgIpc) is 3.07. The van der Waals surface area contributed by atoms with Crippen molar-refractivity contribution in [2.45, 2.75) is 53.1 Å². The molecule has 5 heteroatoms. The number of hydrogen-bond acceptors (Lipinski definition) is 2. The molecule has 1 amide bonds. The summed E-state index contributed by atoms with van der Waals surface area (Å²) in [4.78, 5) is 12.3. The molecule has 0 unspecified atom stereocenters. The lowest BCUT2D eigenvalue weighted by Gasteiger charge is -2.12. The highest BCUT2D eigenvalue weighted by Gasteiger charge is 2.30. The Balaban J connectivity index is 2.14. The fourth-order valence-electron chi connectivity index (χ4n) is 2.27. The van der Waals surface area contributed by atoms with Crippen LogP contribution in [-0.4, -0.2) is 21.7 Å². The first-order chi connectivity index (χ1) is 8.90. The second-order valence-electron chi connectivity index (χ2n) is 5.93. The first-order valence-electron chi connectivity index (χ1n) is 6.94. The number of carbonyl (C=O) groups is 1. The van der Waals surface area contributed by atoms with Gasteiger partial charge in [0.1, 0.15) is 5.15 Å². The highest BCUT2D eigenvalue weighted by molar-refractivity contribution is 6.33. The number of carbonyl (C=O) groups excluding carboxylic acids is 1. The molecule has 1 N–H and O–H groups in total. The van der Waals surface area contributed by atoms with Crippen LogP contribution in [0.15, 0.2) is 0 Å². The van der Waals surface area contributed by atoms with E-state index in [-0.39, 0.29) is 11.9 Å². The molecule has 1 heterocycles. The lowest BCUT2D eigenvalue weighted by Crippen LogP contribution is -2.34. The molecule has 0 radical (unpaired) electrons. The monoisotopic (exact) mass is 283 g/mol. The van der Waals surface area contributed by atoms with Gasteiger partial charge in [-0.15, -0.1) is 0 Å². The number of halogens is 1. The second kappa shape index (κ2) is 5.53. The molecular formula is C14H22ClN3O. The van der Waals surface area contributed by atoms with E-state index in [1.54, 1.807) is 4.68 Å². The molecule has 1 aromatic heterocycles. The van der Waals surface area contributed by atoms with Crippen LogP contribution >= 0.6 is 11.6 Å². The van der Waals surface area contributed by atoms with E-state index in [0.29, 0.717) is 28.2 Å². The van der Waals surface area contributed by atoms with Gasteiger partial charge >= 0.3 is 0 Å². The van der Waals surface area contributed by atoms with Gasteiger partial charge in [-0.25, -0.2) is 0 Å². The van der Waals surface area contributed by atoms with Crippen molar-refractivity contribution in [1.29, 1.82) is 0 Å². The van der Waals surface area contributed by atoms with Gasteiger partial charge in [-0.3, -0.25) is 9.48 Å². The summed E-state index contributed by atoms with van der Waals surface area (Å²) in [6, 6.07) is 0.219. The molecule has 19 heavy (non-hydrogen) atoms. The highest BCUT2D eigenvalue weighted by Crippen LogP contribution is 2.32. The minimum absolute atomic E-state index is 0.100. The SMILES string of the molecule is Cc1nn(CC(C)C)c(Cl)c1C(=O)N[C@H](C)C1CC1. The van der Waals surface area contributed by atoms with Gasteiger partial charge in [0.2, 0.25) is 0 Å². The fraction of sp³-hybridized carbons (Fsp3) is 0.714. The number of hydrogen-bond donors (Lipinski definition) is 1. The molecule has 106 valence electrons. The van der Waals surface area contributed by atoms with Crippen molar-refractivity contribution in [3.8, 4) is 0 Å². The van der Waals surface area contributed by atoms with Gasteiger partial charge in [-0.05, 0) is 38.5 Å². The van der Waals surface area contributed by atoms with E-state index >= 15 is 0 Å². The molecular weight excluding hydrogens is 262 g/mol. The standard InChI is InChI=1S/C14H22ClN3O/c1-8(2)7-18-13(15)12(10(4)17-18)14(19)16-9(3)11-5-6-11/h8-9,11H,5-7H2,1-4H3,(H,16,19)/t9-/m1/s1. The van der Waals surface area contributed by atoms with E-state index in [4.69, 9.17) is 11.6 Å².